The van der Waals surface area contributed by atoms with E-state index >= 15 is 0 Å². The first-order valence-corrected chi connectivity index (χ1v) is 19.3. The van der Waals surface area contributed by atoms with Crippen molar-refractivity contribution in [2.75, 3.05) is 0 Å². The number of hydrogen-bond acceptors (Lipinski definition) is 3. The number of aliphatic hydroxyl groups is 1. The summed E-state index contributed by atoms with van der Waals surface area (Å²) in [6, 6.07) is 40.4. The summed E-state index contributed by atoms with van der Waals surface area (Å²) in [5.74, 6) is 0.542. The topological polar surface area (TPSA) is 47.3 Å². The van der Waals surface area contributed by atoms with E-state index in [1.54, 1.807) is 0 Å². The minimum atomic E-state index is -1.43. The Morgan fingerprint density at radius 3 is 1.71 bits per heavy atom. The van der Waals surface area contributed by atoms with Crippen LogP contribution in [0.2, 0.25) is 13.1 Å². The lowest BCUT2D eigenvalue weighted by Gasteiger charge is -2.38. The number of fused-ring (bicyclic) bond motifs is 1. The van der Waals surface area contributed by atoms with Crippen molar-refractivity contribution in [1.29, 1.82) is 0 Å². The second-order valence-electron chi connectivity index (χ2n) is 14.5. The average molecular weight is 652 g/mol. The third-order valence-electron chi connectivity index (χ3n) is 9.61. The third-order valence-corrected chi connectivity index (χ3v) is 10.2. The van der Waals surface area contributed by atoms with Gasteiger partial charge in [-0.15, -0.1) is 0 Å². The predicted octanol–water partition coefficient (Wildman–Crippen LogP) is 10.0. The van der Waals surface area contributed by atoms with Crippen LogP contribution in [0.25, 0.3) is 10.8 Å². The first kappa shape index (κ1) is 33.4. The summed E-state index contributed by atoms with van der Waals surface area (Å²) in [6.45, 7) is 17.3. The van der Waals surface area contributed by atoms with Gasteiger partial charge in [-0.1, -0.05) is 144 Å². The lowest BCUT2D eigenvalue weighted by Crippen LogP contribution is -2.38. The Bertz CT molecular complexity index is 1910. The highest BCUT2D eigenvalue weighted by Gasteiger charge is 2.44. The SMILES string of the molecule is Cc1cc2c(O[Si](C)C)c(C(O)(c3cn(C(c4ccccc4)(c4ccccc4)c4ccccc4)cn3)C(C)C)ccc2cc1C(C)(C)C. The van der Waals surface area contributed by atoms with Crippen molar-refractivity contribution < 1.29 is 9.53 Å². The standard InChI is InChI=1S/C43H47N2O2Si/c1-30(2)43(46,37-25-24-32-27-38(41(4,5)6)31(3)26-36(32)40(37)47-48(7)8)39-28-45(29-44-39)42(33-18-12-9-13-19-33,34-20-14-10-15-21-34)35-22-16-11-17-23-35/h9-30,46H,1-8H3. The molecule has 1 N–H and O–H groups in total. The lowest BCUT2D eigenvalue weighted by molar-refractivity contribution is 0.0265. The average Bonchev–Trinajstić information content (AvgIpc) is 3.56. The fourth-order valence-corrected chi connectivity index (χ4v) is 7.94. The zero-order valence-corrected chi connectivity index (χ0v) is 30.5. The third kappa shape index (κ3) is 5.69. The van der Waals surface area contributed by atoms with Crippen molar-refractivity contribution in [3.63, 3.8) is 0 Å². The lowest BCUT2D eigenvalue weighted by atomic mass is 9.76. The molecule has 1 radical (unpaired) electrons. The van der Waals surface area contributed by atoms with E-state index < -0.39 is 20.2 Å². The Morgan fingerprint density at radius 2 is 1.25 bits per heavy atom. The fraction of sp³-hybridized carbons (Fsp3) is 0.279. The van der Waals surface area contributed by atoms with E-state index in [2.05, 4.69) is 156 Å². The molecule has 0 bridgehead atoms. The molecule has 0 saturated heterocycles. The second kappa shape index (κ2) is 12.9. The maximum Gasteiger partial charge on any atom is 0.274 e. The van der Waals surface area contributed by atoms with E-state index in [0.29, 0.717) is 5.69 Å². The van der Waals surface area contributed by atoms with Gasteiger partial charge in [0, 0.05) is 17.1 Å². The van der Waals surface area contributed by atoms with E-state index in [0.717, 1.165) is 38.8 Å². The molecular formula is C43H47N2O2Si. The highest BCUT2D eigenvalue weighted by molar-refractivity contribution is 6.49. The summed E-state index contributed by atoms with van der Waals surface area (Å²) in [7, 11) is -1.18. The summed E-state index contributed by atoms with van der Waals surface area (Å²) >= 11 is 0. The molecule has 0 aliphatic carbocycles. The maximum atomic E-state index is 13.1. The van der Waals surface area contributed by atoms with Crippen molar-refractivity contribution in [3.8, 4) is 5.75 Å². The number of rotatable bonds is 9. The van der Waals surface area contributed by atoms with Crippen LogP contribution in [-0.2, 0) is 16.6 Å². The summed E-state index contributed by atoms with van der Waals surface area (Å²) in [5.41, 5.74) is 4.99. The van der Waals surface area contributed by atoms with E-state index in [1.807, 2.05) is 30.7 Å². The number of benzene rings is 5. The molecular weight excluding hydrogens is 605 g/mol. The fourth-order valence-electron chi connectivity index (χ4n) is 7.31. The van der Waals surface area contributed by atoms with Crippen LogP contribution in [0.3, 0.4) is 0 Å². The molecule has 5 heteroatoms. The molecule has 1 unspecified atom stereocenters. The molecule has 1 atom stereocenters. The molecule has 1 aromatic heterocycles. The molecule has 245 valence electrons. The normalized spacial score (nSPS) is 13.6. The molecule has 5 aromatic carbocycles. The summed E-state index contributed by atoms with van der Waals surface area (Å²) in [4.78, 5) is 5.06. The highest BCUT2D eigenvalue weighted by Crippen LogP contribution is 2.47. The smallest absolute Gasteiger partial charge is 0.274 e. The number of aromatic nitrogens is 2. The van der Waals surface area contributed by atoms with Crippen LogP contribution in [0.15, 0.2) is 128 Å². The molecule has 0 aliphatic heterocycles. The van der Waals surface area contributed by atoms with Crippen LogP contribution >= 0.6 is 0 Å². The van der Waals surface area contributed by atoms with Crippen LogP contribution in [0.1, 0.15) is 73.7 Å². The minimum Gasteiger partial charge on any atom is -0.542 e. The first-order chi connectivity index (χ1) is 22.9. The van der Waals surface area contributed by atoms with Gasteiger partial charge in [0.1, 0.15) is 16.9 Å². The van der Waals surface area contributed by atoms with Gasteiger partial charge in [-0.3, -0.25) is 0 Å². The monoisotopic (exact) mass is 651 g/mol. The summed E-state index contributed by atoms with van der Waals surface area (Å²) < 4.78 is 8.92. The molecule has 4 nitrogen and oxygen atoms in total. The van der Waals surface area contributed by atoms with Crippen molar-refractivity contribution in [3.05, 3.63) is 167 Å². The van der Waals surface area contributed by atoms with Gasteiger partial charge in [0.05, 0.1) is 12.0 Å². The van der Waals surface area contributed by atoms with Gasteiger partial charge in [0.25, 0.3) is 9.04 Å². The molecule has 0 saturated carbocycles. The van der Waals surface area contributed by atoms with E-state index in [9.17, 15) is 5.11 Å². The summed E-state index contributed by atoms with van der Waals surface area (Å²) in [6.07, 6.45) is 3.92. The van der Waals surface area contributed by atoms with Crippen LogP contribution in [0.4, 0.5) is 0 Å². The molecule has 6 aromatic rings. The maximum absolute atomic E-state index is 13.1. The molecule has 0 amide bonds. The molecule has 48 heavy (non-hydrogen) atoms. The van der Waals surface area contributed by atoms with E-state index in [4.69, 9.17) is 9.41 Å². The zero-order chi connectivity index (χ0) is 34.3. The van der Waals surface area contributed by atoms with Crippen LogP contribution in [-0.4, -0.2) is 23.7 Å². The van der Waals surface area contributed by atoms with Crippen LogP contribution in [0.5, 0.6) is 5.75 Å². The van der Waals surface area contributed by atoms with Gasteiger partial charge in [-0.05, 0) is 70.6 Å². The van der Waals surface area contributed by atoms with Crippen molar-refractivity contribution in [1.82, 2.24) is 9.55 Å². The van der Waals surface area contributed by atoms with Gasteiger partial charge in [0.2, 0.25) is 0 Å². The Kier molecular flexibility index (Phi) is 8.97. The Labute approximate surface area is 287 Å². The van der Waals surface area contributed by atoms with Gasteiger partial charge in [0.15, 0.2) is 0 Å². The Hall–Kier alpha value is -4.45. The van der Waals surface area contributed by atoms with Gasteiger partial charge in [-0.2, -0.15) is 0 Å². The highest BCUT2D eigenvalue weighted by atomic mass is 28.3. The predicted molar refractivity (Wildman–Crippen MR) is 200 cm³/mol. The van der Waals surface area contributed by atoms with Crippen molar-refractivity contribution in [2.24, 2.45) is 5.92 Å². The van der Waals surface area contributed by atoms with Crippen molar-refractivity contribution in [2.45, 2.75) is 71.2 Å². The van der Waals surface area contributed by atoms with E-state index in [-0.39, 0.29) is 11.3 Å². The molecule has 0 aliphatic rings. The van der Waals surface area contributed by atoms with Gasteiger partial charge < -0.3 is 14.1 Å². The zero-order valence-electron chi connectivity index (χ0n) is 29.5. The molecule has 6 rings (SSSR count). The van der Waals surface area contributed by atoms with Crippen molar-refractivity contribution >= 4 is 19.8 Å². The molecule has 1 heterocycles. The molecule has 0 fully saturated rings. The summed E-state index contributed by atoms with van der Waals surface area (Å²) in [5, 5.41) is 15.2. The first-order valence-electron chi connectivity index (χ1n) is 16.9. The number of nitrogens with zero attached hydrogens (tertiary/aromatic N) is 2. The minimum absolute atomic E-state index is 0.0106. The van der Waals surface area contributed by atoms with Crippen LogP contribution in [0, 0.1) is 12.8 Å². The largest absolute Gasteiger partial charge is 0.542 e. The second-order valence-corrected chi connectivity index (χ2v) is 16.5. The Balaban J connectivity index is 1.62. The van der Waals surface area contributed by atoms with E-state index in [1.165, 1.54) is 11.1 Å². The number of aryl methyl sites for hydroxylation is 1. The molecule has 0 spiro atoms. The van der Waals surface area contributed by atoms with Crippen LogP contribution < -0.4 is 4.43 Å². The van der Waals surface area contributed by atoms with Gasteiger partial charge in [-0.25, -0.2) is 4.98 Å². The Morgan fingerprint density at radius 1 is 0.729 bits per heavy atom. The quantitative estimate of drug-likeness (QED) is 0.125. The number of hydrogen-bond donors (Lipinski definition) is 1. The van der Waals surface area contributed by atoms with Gasteiger partial charge >= 0.3 is 0 Å². The number of imidazole rings is 1.